The molecule has 0 unspecified atom stereocenters. The Hall–Kier alpha value is -11.6. The van der Waals surface area contributed by atoms with Gasteiger partial charge in [-0.3, -0.25) is 19.9 Å². The maximum absolute atomic E-state index is 10.7. The van der Waals surface area contributed by atoms with Crippen molar-refractivity contribution in [3.8, 4) is 158 Å². The minimum Gasteiger partial charge on any atom is -0.507 e. The summed E-state index contributed by atoms with van der Waals surface area (Å²) in [6.07, 6.45) is 7.88. The van der Waals surface area contributed by atoms with Gasteiger partial charge in [0.1, 0.15) is 46.3 Å². The van der Waals surface area contributed by atoms with Crippen molar-refractivity contribution in [2.75, 3.05) is 0 Å². The average Bonchev–Trinajstić information content (AvgIpc) is 1.59. The number of rotatable bonds is 18. The van der Waals surface area contributed by atoms with E-state index >= 15 is 0 Å². The molecule has 12 aromatic carbocycles. The number of phenolic OH excluding ortho intramolecular Hbond substituents is 4. The van der Waals surface area contributed by atoms with Crippen molar-refractivity contribution in [2.24, 2.45) is 28.2 Å². The van der Waals surface area contributed by atoms with E-state index in [1.807, 2.05) is 175 Å². The van der Waals surface area contributed by atoms with Gasteiger partial charge in [-0.25, -0.2) is 19.9 Å². The third kappa shape index (κ3) is 24.5. The van der Waals surface area contributed by atoms with Gasteiger partial charge in [0.05, 0.1) is 115 Å². The van der Waals surface area contributed by atoms with Crippen molar-refractivity contribution in [2.45, 2.75) is 146 Å². The van der Waals surface area contributed by atoms with Crippen LogP contribution >= 0.6 is 0 Å². The van der Waals surface area contributed by atoms with Crippen LogP contribution in [0.1, 0.15) is 22.3 Å². The van der Waals surface area contributed by atoms with Gasteiger partial charge in [-0.15, -0.1) is 119 Å². The molecule has 0 spiro atoms. The number of hydrogen-bond donors (Lipinski definition) is 4. The zero-order valence-electron chi connectivity index (χ0n) is 89.0. The predicted octanol–water partition coefficient (Wildman–Crippen LogP) is 26.4. The van der Waals surface area contributed by atoms with Crippen molar-refractivity contribution in [1.82, 2.24) is 58.1 Å². The maximum Gasteiger partial charge on any atom is 0.143 e. The van der Waals surface area contributed by atoms with Crippen molar-refractivity contribution >= 4 is 124 Å². The van der Waals surface area contributed by atoms with Crippen LogP contribution in [0.3, 0.4) is 0 Å². The second kappa shape index (κ2) is 45.3. The molecule has 0 radical (unpaired) electrons. The van der Waals surface area contributed by atoms with Crippen LogP contribution in [-0.2, 0) is 112 Å². The minimum atomic E-state index is -1.64. The molecule has 0 aliphatic carbocycles. The van der Waals surface area contributed by atoms with Gasteiger partial charge < -0.3 is 38.7 Å². The Bertz CT molecular complexity index is 7840. The number of para-hydroxylation sites is 2. The Kier molecular flexibility index (Phi) is 34.7. The van der Waals surface area contributed by atoms with E-state index in [9.17, 15) is 20.4 Å². The zero-order valence-corrected chi connectivity index (χ0v) is 104. The summed E-state index contributed by atoms with van der Waals surface area (Å²) in [7, 11) is -0.964. The summed E-state index contributed by atoms with van der Waals surface area (Å²) < 4.78 is 8.28. The third-order valence-electron chi connectivity index (χ3n) is 27.1. The first kappa shape index (κ1) is 114. The standard InChI is InChI=1S/2C32H36N3OSi2.2C29H28N3OSi.4Pt/c2*1-21-12-13-26(30(36)16-21)32-34-31-27(18-25(38(6,7)8)20-29(31)35(32)2)22-10-9-11-23(17-22)28-19-24(14-15-33-28)37(3,4)5;2*1-19-12-14-24(27(33)16-19)29-31-28-23(10-7-11-26(28)32(29)2)20-8-6-9-21(17-20)25-15-13-22(18-30-25)34(3,4)5;;;;/h2*9-16,18-20,36H,1-8H3;2*6-16,18,33H,1-5H3;;;;/q4*-1;;;;. The predicted molar refractivity (Wildman–Crippen MR) is 618 cm³/mol. The summed E-state index contributed by atoms with van der Waals surface area (Å²) in [5.74, 6) is 3.95. The Balaban J connectivity index is 0.000000163. The molecule has 0 saturated heterocycles. The summed E-state index contributed by atoms with van der Waals surface area (Å²) >= 11 is 0. The smallest absolute Gasteiger partial charge is 0.143 e. The SMILES string of the molecule is Cc1ccc(-c2nc3c(-c4[c-]c(-c5cc([Si](C)(C)C)ccn5)ccc4)cc([Si](C)(C)C)cc3n2C)c(O)c1.Cc1ccc(-c2nc3c(-c4[c-]c(-c5cc([Si](C)(C)C)ccn5)ccc4)cc([Si](C)(C)C)cc3n2C)c(O)c1.Cc1ccc(-c2nc3c(-c4[c-]c(-c5ccc([Si](C)(C)C)cn5)ccc4)cccc3n2C)c(O)c1.Cc1ccc(-c2nc3c(-c4[c-]c(-c5ccc([Si](C)(C)C)cn5)ccc4)cccc3n2C)c(O)c1.[Pt].[Pt].[Pt].[Pt]. The van der Waals surface area contributed by atoms with E-state index in [1.165, 1.54) is 31.1 Å². The molecule has 0 fully saturated rings. The molecule has 20 aromatic rings. The van der Waals surface area contributed by atoms with Crippen LogP contribution in [-0.4, -0.2) is 127 Å². The Morgan fingerprint density at radius 1 is 0.216 bits per heavy atom. The number of fused-ring (bicyclic) bond motifs is 4. The Morgan fingerprint density at radius 2 is 0.466 bits per heavy atom. The molecule has 0 aliphatic rings. The first-order chi connectivity index (χ1) is 68.1. The third-order valence-corrected chi connectivity index (χ3v) is 39.2. The number of hydrogen-bond acceptors (Lipinski definition) is 12. The summed E-state index contributed by atoms with van der Waals surface area (Å²) in [6, 6.07) is 101. The van der Waals surface area contributed by atoms with E-state index in [0.29, 0.717) is 0 Å². The van der Waals surface area contributed by atoms with Crippen LogP contribution in [0, 0.1) is 52.0 Å². The first-order valence-electron chi connectivity index (χ1n) is 49.2. The summed E-state index contributed by atoms with van der Waals surface area (Å²) in [6.45, 7) is 50.2. The molecule has 26 heteroatoms. The Morgan fingerprint density at radius 3 is 0.730 bits per heavy atom. The molecule has 0 amide bonds. The Labute approximate surface area is 935 Å². The first-order valence-corrected chi connectivity index (χ1v) is 70.2. The molecule has 0 atom stereocenters. The number of aryl methyl sites for hydroxylation is 8. The average molecular weight is 2780 g/mol. The molecule has 8 aromatic heterocycles. The number of pyridine rings is 4. The van der Waals surface area contributed by atoms with Crippen LogP contribution in [0.2, 0.25) is 118 Å². The van der Waals surface area contributed by atoms with E-state index < -0.39 is 48.4 Å². The number of phenols is 4. The van der Waals surface area contributed by atoms with Crippen molar-refractivity contribution in [3.05, 3.63) is 326 Å². The number of imidazole rings is 4. The second-order valence-corrected chi connectivity index (χ2v) is 74.8. The molecule has 768 valence electrons. The van der Waals surface area contributed by atoms with Crippen LogP contribution < -0.4 is 31.1 Å². The molecular formula is C122H128N12O4Pt4Si6-4. The molecule has 20 rings (SSSR count). The summed E-state index contributed by atoms with van der Waals surface area (Å²) in [5.41, 5.74) is 30.5. The molecule has 148 heavy (non-hydrogen) atoms. The molecule has 16 nitrogen and oxygen atoms in total. The number of aromatic nitrogens is 12. The fourth-order valence-corrected chi connectivity index (χ4v) is 24.8. The molecule has 0 saturated carbocycles. The fourth-order valence-electron chi connectivity index (χ4n) is 18.2. The van der Waals surface area contributed by atoms with Gasteiger partial charge in [-0.05, 0) is 145 Å². The summed E-state index contributed by atoms with van der Waals surface area (Å²) in [5, 5.41) is 50.8. The molecule has 8 heterocycles. The number of nitrogens with zero attached hydrogens (tertiary/aromatic N) is 12. The maximum atomic E-state index is 10.7. The second-order valence-electron chi connectivity index (χ2n) is 44.3. The van der Waals surface area contributed by atoms with Gasteiger partial charge in [0.25, 0.3) is 0 Å². The van der Waals surface area contributed by atoms with E-state index in [1.54, 1.807) is 24.3 Å². The van der Waals surface area contributed by atoms with Crippen molar-refractivity contribution in [1.29, 1.82) is 0 Å². The monoisotopic (exact) mass is 2770 g/mol. The molecule has 4 N–H and O–H groups in total. The van der Waals surface area contributed by atoms with Gasteiger partial charge in [-0.2, -0.15) is 0 Å². The van der Waals surface area contributed by atoms with Crippen LogP contribution in [0.15, 0.2) is 280 Å². The fraction of sp³-hybridized carbons (Fsp3) is 0.213. The topological polar surface area (TPSA) is 204 Å². The van der Waals surface area contributed by atoms with Gasteiger partial charge in [0, 0.05) is 160 Å². The van der Waals surface area contributed by atoms with E-state index in [2.05, 4.69) is 297 Å². The molecule has 0 bridgehead atoms. The van der Waals surface area contributed by atoms with Crippen molar-refractivity contribution < 1.29 is 105 Å². The number of aromatic hydroxyl groups is 4. The van der Waals surface area contributed by atoms with E-state index in [-0.39, 0.29) is 107 Å². The quantitative estimate of drug-likeness (QED) is 0.0468. The molecular weight excluding hydrogens is 2650 g/mol. The van der Waals surface area contributed by atoms with Gasteiger partial charge in [0.2, 0.25) is 0 Å². The summed E-state index contributed by atoms with van der Waals surface area (Å²) in [4.78, 5) is 39.0. The van der Waals surface area contributed by atoms with Gasteiger partial charge in [0.15, 0.2) is 0 Å². The van der Waals surface area contributed by atoms with E-state index in [0.717, 1.165) is 201 Å². The normalized spacial score (nSPS) is 11.7. The van der Waals surface area contributed by atoms with E-state index in [4.69, 9.17) is 39.9 Å². The number of benzene rings is 12. The van der Waals surface area contributed by atoms with Crippen molar-refractivity contribution in [3.63, 3.8) is 0 Å². The van der Waals surface area contributed by atoms with Crippen LogP contribution in [0.5, 0.6) is 23.0 Å². The molecule has 0 aliphatic heterocycles. The van der Waals surface area contributed by atoms with Crippen LogP contribution in [0.4, 0.5) is 0 Å². The van der Waals surface area contributed by atoms with Gasteiger partial charge >= 0.3 is 0 Å². The van der Waals surface area contributed by atoms with Crippen LogP contribution in [0.25, 0.3) is 179 Å². The zero-order chi connectivity index (χ0) is 103. The largest absolute Gasteiger partial charge is 0.507 e. The minimum absolute atomic E-state index is 0. The van der Waals surface area contributed by atoms with Gasteiger partial charge in [-0.1, -0.05) is 280 Å².